The normalized spacial score (nSPS) is 12.7. The highest BCUT2D eigenvalue weighted by atomic mass is 14.0. The Kier molecular flexibility index (Phi) is 5.38. The standard InChI is InChI=1S/C10H20/c1-5-7-10(6-2)8-9(3)4/h6,9H,5,7-8H2,1-4H3/b10-6-. The Hall–Kier alpha value is -0.260. The zero-order valence-electron chi connectivity index (χ0n) is 7.78. The van der Waals surface area contributed by atoms with Crippen molar-refractivity contribution in [1.82, 2.24) is 0 Å². The predicted octanol–water partition coefficient (Wildman–Crippen LogP) is 3.78. The van der Waals surface area contributed by atoms with Crippen LogP contribution in [0.4, 0.5) is 0 Å². The molecule has 0 aliphatic rings. The van der Waals surface area contributed by atoms with Crippen LogP contribution < -0.4 is 0 Å². The van der Waals surface area contributed by atoms with Crippen LogP contribution in [0.3, 0.4) is 0 Å². The first kappa shape index (κ1) is 9.74. The molecule has 0 spiro atoms. The summed E-state index contributed by atoms with van der Waals surface area (Å²) in [4.78, 5) is 0. The molecule has 0 atom stereocenters. The molecule has 0 saturated heterocycles. The molecule has 0 aromatic carbocycles. The Morgan fingerprint density at radius 3 is 2.30 bits per heavy atom. The summed E-state index contributed by atoms with van der Waals surface area (Å²) in [5.41, 5.74) is 1.62. The summed E-state index contributed by atoms with van der Waals surface area (Å²) in [6.07, 6.45) is 6.12. The van der Waals surface area contributed by atoms with Gasteiger partial charge < -0.3 is 0 Å². The van der Waals surface area contributed by atoms with Crippen LogP contribution in [-0.4, -0.2) is 0 Å². The first-order chi connectivity index (χ1) is 4.70. The number of allylic oxidation sites excluding steroid dienone is 2. The maximum Gasteiger partial charge on any atom is -0.0297 e. The molecule has 0 aromatic rings. The van der Waals surface area contributed by atoms with Crippen molar-refractivity contribution in [2.75, 3.05) is 0 Å². The molecule has 60 valence electrons. The van der Waals surface area contributed by atoms with E-state index in [1.807, 2.05) is 0 Å². The van der Waals surface area contributed by atoms with E-state index < -0.39 is 0 Å². The minimum absolute atomic E-state index is 0.817. The van der Waals surface area contributed by atoms with Crippen LogP contribution in [0.25, 0.3) is 0 Å². The fourth-order valence-corrected chi connectivity index (χ4v) is 1.21. The molecular formula is C10H20. The minimum atomic E-state index is 0.817. The lowest BCUT2D eigenvalue weighted by Gasteiger charge is -2.07. The van der Waals surface area contributed by atoms with Gasteiger partial charge in [0, 0.05) is 0 Å². The topological polar surface area (TPSA) is 0 Å². The lowest BCUT2D eigenvalue weighted by Crippen LogP contribution is -1.90. The lowest BCUT2D eigenvalue weighted by molar-refractivity contribution is 0.621. The summed E-state index contributed by atoms with van der Waals surface area (Å²) in [6, 6.07) is 0. The number of hydrogen-bond donors (Lipinski definition) is 0. The summed E-state index contributed by atoms with van der Waals surface area (Å²) in [5.74, 6) is 0.817. The smallest absolute Gasteiger partial charge is 0.0297 e. The highest BCUT2D eigenvalue weighted by Gasteiger charge is 1.97. The first-order valence-electron chi connectivity index (χ1n) is 4.34. The molecule has 0 N–H and O–H groups in total. The zero-order chi connectivity index (χ0) is 7.98. The van der Waals surface area contributed by atoms with Crippen LogP contribution in [0.2, 0.25) is 0 Å². The van der Waals surface area contributed by atoms with Crippen LogP contribution in [0, 0.1) is 5.92 Å². The first-order valence-corrected chi connectivity index (χ1v) is 4.34. The maximum atomic E-state index is 2.28. The van der Waals surface area contributed by atoms with E-state index in [4.69, 9.17) is 0 Å². The van der Waals surface area contributed by atoms with E-state index in [1.54, 1.807) is 5.57 Å². The van der Waals surface area contributed by atoms with E-state index in [-0.39, 0.29) is 0 Å². The van der Waals surface area contributed by atoms with Gasteiger partial charge in [0.1, 0.15) is 0 Å². The van der Waals surface area contributed by atoms with Crippen LogP contribution in [0.5, 0.6) is 0 Å². The summed E-state index contributed by atoms with van der Waals surface area (Å²) in [5, 5.41) is 0. The average Bonchev–Trinajstić information content (AvgIpc) is 1.86. The van der Waals surface area contributed by atoms with E-state index in [0.29, 0.717) is 0 Å². The third-order valence-electron chi connectivity index (χ3n) is 1.65. The number of hydrogen-bond acceptors (Lipinski definition) is 0. The van der Waals surface area contributed by atoms with E-state index in [0.717, 1.165) is 5.92 Å². The highest BCUT2D eigenvalue weighted by Crippen LogP contribution is 2.15. The van der Waals surface area contributed by atoms with Gasteiger partial charge in [0.25, 0.3) is 0 Å². The Bertz CT molecular complexity index is 98.6. The van der Waals surface area contributed by atoms with E-state index in [2.05, 4.69) is 33.8 Å². The fraction of sp³-hybridized carbons (Fsp3) is 0.800. The van der Waals surface area contributed by atoms with Gasteiger partial charge in [-0.1, -0.05) is 38.8 Å². The summed E-state index contributed by atoms with van der Waals surface area (Å²) in [6.45, 7) is 8.94. The molecule has 10 heavy (non-hydrogen) atoms. The second-order valence-corrected chi connectivity index (χ2v) is 3.29. The van der Waals surface area contributed by atoms with Gasteiger partial charge in [0.2, 0.25) is 0 Å². The van der Waals surface area contributed by atoms with Crippen molar-refractivity contribution < 1.29 is 0 Å². The molecule has 0 heteroatoms. The SMILES string of the molecule is C/C=C(/CCC)CC(C)C. The minimum Gasteiger partial charge on any atom is -0.0884 e. The molecule has 0 amide bonds. The van der Waals surface area contributed by atoms with Crippen molar-refractivity contribution in [2.45, 2.75) is 47.0 Å². The predicted molar refractivity (Wildman–Crippen MR) is 48.1 cm³/mol. The molecule has 0 unspecified atom stereocenters. The van der Waals surface area contributed by atoms with E-state index >= 15 is 0 Å². The highest BCUT2D eigenvalue weighted by molar-refractivity contribution is 5.00. The van der Waals surface area contributed by atoms with Gasteiger partial charge in [-0.05, 0) is 25.7 Å². The van der Waals surface area contributed by atoms with Crippen molar-refractivity contribution in [2.24, 2.45) is 5.92 Å². The summed E-state index contributed by atoms with van der Waals surface area (Å²) in [7, 11) is 0. The third-order valence-corrected chi connectivity index (χ3v) is 1.65. The Balaban J connectivity index is 3.62. The molecule has 0 fully saturated rings. The van der Waals surface area contributed by atoms with Crippen LogP contribution >= 0.6 is 0 Å². The van der Waals surface area contributed by atoms with Crippen molar-refractivity contribution in [3.05, 3.63) is 11.6 Å². The molecule has 0 nitrogen and oxygen atoms in total. The van der Waals surface area contributed by atoms with Gasteiger partial charge in [0.15, 0.2) is 0 Å². The molecule has 0 aromatic heterocycles. The van der Waals surface area contributed by atoms with E-state index in [1.165, 1.54) is 19.3 Å². The van der Waals surface area contributed by atoms with Crippen LogP contribution in [-0.2, 0) is 0 Å². The average molecular weight is 140 g/mol. The van der Waals surface area contributed by atoms with Gasteiger partial charge >= 0.3 is 0 Å². The van der Waals surface area contributed by atoms with Crippen LogP contribution in [0.15, 0.2) is 11.6 Å². The van der Waals surface area contributed by atoms with Gasteiger partial charge in [-0.15, -0.1) is 0 Å². The van der Waals surface area contributed by atoms with Gasteiger partial charge in [-0.2, -0.15) is 0 Å². The van der Waals surface area contributed by atoms with Crippen LogP contribution in [0.1, 0.15) is 47.0 Å². The van der Waals surface area contributed by atoms with E-state index in [9.17, 15) is 0 Å². The second kappa shape index (κ2) is 5.52. The van der Waals surface area contributed by atoms with Gasteiger partial charge in [-0.25, -0.2) is 0 Å². The van der Waals surface area contributed by atoms with Crippen molar-refractivity contribution >= 4 is 0 Å². The maximum absolute atomic E-state index is 2.28. The largest absolute Gasteiger partial charge is 0.0884 e. The third kappa shape index (κ3) is 4.60. The zero-order valence-corrected chi connectivity index (χ0v) is 7.78. The van der Waals surface area contributed by atoms with Crippen molar-refractivity contribution in [3.63, 3.8) is 0 Å². The summed E-state index contributed by atoms with van der Waals surface area (Å²) >= 11 is 0. The monoisotopic (exact) mass is 140 g/mol. The lowest BCUT2D eigenvalue weighted by atomic mass is 9.99. The molecule has 0 bridgehead atoms. The molecule has 0 saturated carbocycles. The Morgan fingerprint density at radius 2 is 2.00 bits per heavy atom. The Labute approximate surface area is 65.3 Å². The van der Waals surface area contributed by atoms with Crippen molar-refractivity contribution in [1.29, 1.82) is 0 Å². The van der Waals surface area contributed by atoms with Crippen molar-refractivity contribution in [3.8, 4) is 0 Å². The molecule has 0 radical (unpaired) electrons. The molecular weight excluding hydrogens is 120 g/mol. The molecule has 0 heterocycles. The summed E-state index contributed by atoms with van der Waals surface area (Å²) < 4.78 is 0. The number of rotatable bonds is 4. The molecule has 0 rings (SSSR count). The molecule has 0 aliphatic heterocycles. The second-order valence-electron chi connectivity index (χ2n) is 3.29. The van der Waals surface area contributed by atoms with Gasteiger partial charge in [0.05, 0.1) is 0 Å². The van der Waals surface area contributed by atoms with Gasteiger partial charge in [-0.3, -0.25) is 0 Å². The fourth-order valence-electron chi connectivity index (χ4n) is 1.21. The Morgan fingerprint density at radius 1 is 1.40 bits per heavy atom. The quantitative estimate of drug-likeness (QED) is 0.521. The molecule has 0 aliphatic carbocycles.